The van der Waals surface area contributed by atoms with E-state index in [1.54, 1.807) is 0 Å². The summed E-state index contributed by atoms with van der Waals surface area (Å²) in [5, 5.41) is 13.9. The van der Waals surface area contributed by atoms with Crippen molar-refractivity contribution in [1.82, 2.24) is 9.88 Å². The Labute approximate surface area is 116 Å². The van der Waals surface area contributed by atoms with Gasteiger partial charge in [0.05, 0.1) is 5.52 Å². The van der Waals surface area contributed by atoms with Gasteiger partial charge in [0.1, 0.15) is 11.8 Å². The number of nitrogens with zero attached hydrogens (tertiary/aromatic N) is 2. The van der Waals surface area contributed by atoms with Gasteiger partial charge < -0.3 is 9.88 Å². The predicted molar refractivity (Wildman–Crippen MR) is 77.5 cm³/mol. The van der Waals surface area contributed by atoms with Crippen LogP contribution in [0.1, 0.15) is 23.7 Å². The number of fused-ring (bicyclic) bond motifs is 1. The molecule has 0 fully saturated rings. The smallest absolute Gasteiger partial charge is 0.125 e. The van der Waals surface area contributed by atoms with Crippen molar-refractivity contribution in [2.24, 2.45) is 7.05 Å². The number of hydrogen-bond acceptors (Lipinski definition) is 2. The van der Waals surface area contributed by atoms with E-state index in [0.717, 1.165) is 34.3 Å². The van der Waals surface area contributed by atoms with Gasteiger partial charge >= 0.3 is 0 Å². The predicted octanol–water partition coefficient (Wildman–Crippen LogP) is 3.23. The second-order valence-electron chi connectivity index (χ2n) is 4.40. The molecular weight excluding hydrogens is 290 g/mol. The highest BCUT2D eigenvalue weighted by Crippen LogP contribution is 2.30. The number of hydrogen-bond donors (Lipinski definition) is 1. The van der Waals surface area contributed by atoms with E-state index >= 15 is 0 Å². The zero-order valence-electron chi connectivity index (χ0n) is 10.8. The summed E-state index contributed by atoms with van der Waals surface area (Å²) in [5.41, 5.74) is 4.14. The molecule has 3 nitrogen and oxygen atoms in total. The third kappa shape index (κ3) is 2.05. The third-order valence-electron chi connectivity index (χ3n) is 3.22. The molecule has 18 heavy (non-hydrogen) atoms. The van der Waals surface area contributed by atoms with E-state index in [4.69, 9.17) is 0 Å². The number of aromatic nitrogens is 1. The van der Waals surface area contributed by atoms with Crippen LogP contribution in [0.2, 0.25) is 0 Å². The first kappa shape index (κ1) is 13.1. The summed E-state index contributed by atoms with van der Waals surface area (Å²) in [6.45, 7) is 5.79. The van der Waals surface area contributed by atoms with E-state index in [2.05, 4.69) is 53.3 Å². The first-order valence-electron chi connectivity index (χ1n) is 5.98. The molecule has 1 aromatic heterocycles. The monoisotopic (exact) mass is 305 g/mol. The van der Waals surface area contributed by atoms with Gasteiger partial charge in [0, 0.05) is 29.0 Å². The van der Waals surface area contributed by atoms with Crippen LogP contribution in [0.5, 0.6) is 0 Å². The third-order valence-corrected chi connectivity index (χ3v) is 3.68. The molecule has 0 spiro atoms. The molecule has 0 bridgehead atoms. The Morgan fingerprint density at radius 3 is 2.78 bits per heavy atom. The second-order valence-corrected chi connectivity index (χ2v) is 5.31. The average Bonchev–Trinajstić information content (AvgIpc) is 2.59. The molecule has 0 aliphatic carbocycles. The molecule has 1 N–H and O–H groups in total. The minimum Gasteiger partial charge on any atom is -0.335 e. The number of rotatable bonds is 3. The van der Waals surface area contributed by atoms with E-state index in [0.29, 0.717) is 0 Å². The van der Waals surface area contributed by atoms with Crippen molar-refractivity contribution in [2.45, 2.75) is 20.4 Å². The first-order chi connectivity index (χ1) is 8.60. The van der Waals surface area contributed by atoms with Gasteiger partial charge in [0.15, 0.2) is 0 Å². The Morgan fingerprint density at radius 2 is 2.17 bits per heavy atom. The molecule has 0 atom stereocenters. The summed E-state index contributed by atoms with van der Waals surface area (Å²) in [4.78, 5) is 0. The first-order valence-corrected chi connectivity index (χ1v) is 6.77. The summed E-state index contributed by atoms with van der Waals surface area (Å²) in [6, 6.07) is 6.48. The quantitative estimate of drug-likeness (QED) is 0.946. The van der Waals surface area contributed by atoms with Crippen LogP contribution in [0, 0.1) is 18.3 Å². The number of halogens is 1. The highest BCUT2D eigenvalue weighted by Gasteiger charge is 2.16. The van der Waals surface area contributed by atoms with Gasteiger partial charge in [0.2, 0.25) is 0 Å². The molecule has 0 radical (unpaired) electrons. The Balaban J connectivity index is 2.78. The molecule has 1 aromatic carbocycles. The van der Waals surface area contributed by atoms with Gasteiger partial charge in [-0.05, 0) is 31.2 Å². The van der Waals surface area contributed by atoms with E-state index in [1.807, 2.05) is 11.6 Å². The van der Waals surface area contributed by atoms with Crippen molar-refractivity contribution in [3.63, 3.8) is 0 Å². The Morgan fingerprint density at radius 1 is 1.44 bits per heavy atom. The second kappa shape index (κ2) is 5.13. The Kier molecular flexibility index (Phi) is 3.74. The molecule has 1 heterocycles. The highest BCUT2D eigenvalue weighted by molar-refractivity contribution is 9.10. The maximum Gasteiger partial charge on any atom is 0.125 e. The van der Waals surface area contributed by atoms with Crippen molar-refractivity contribution in [2.75, 3.05) is 6.54 Å². The topological polar surface area (TPSA) is 40.8 Å². The Bertz CT molecular complexity index is 635. The summed E-state index contributed by atoms with van der Waals surface area (Å²) in [5.74, 6) is 0. The van der Waals surface area contributed by atoms with E-state index in [1.165, 1.54) is 10.9 Å². The van der Waals surface area contributed by atoms with Crippen molar-refractivity contribution in [3.8, 4) is 6.07 Å². The van der Waals surface area contributed by atoms with Gasteiger partial charge in [-0.15, -0.1) is 0 Å². The lowest BCUT2D eigenvalue weighted by molar-refractivity contribution is 0.725. The SMILES string of the molecule is CCNCc1c(C#N)n(C)c2cc(Br)cc(C)c12. The molecule has 94 valence electrons. The lowest BCUT2D eigenvalue weighted by Crippen LogP contribution is -2.12. The fraction of sp³-hybridized carbons (Fsp3) is 0.357. The summed E-state index contributed by atoms with van der Waals surface area (Å²) >= 11 is 3.51. The van der Waals surface area contributed by atoms with Crippen LogP contribution < -0.4 is 5.32 Å². The lowest BCUT2D eigenvalue weighted by Gasteiger charge is -2.04. The molecule has 2 aromatic rings. The summed E-state index contributed by atoms with van der Waals surface area (Å²) in [7, 11) is 1.95. The average molecular weight is 306 g/mol. The van der Waals surface area contributed by atoms with Crippen LogP contribution in [-0.2, 0) is 13.6 Å². The Hall–Kier alpha value is -1.31. The maximum absolute atomic E-state index is 9.35. The zero-order valence-corrected chi connectivity index (χ0v) is 12.4. The molecule has 0 aliphatic heterocycles. The van der Waals surface area contributed by atoms with E-state index in [-0.39, 0.29) is 0 Å². The maximum atomic E-state index is 9.35. The van der Waals surface area contributed by atoms with E-state index in [9.17, 15) is 5.26 Å². The lowest BCUT2D eigenvalue weighted by atomic mass is 10.1. The number of nitriles is 1. The van der Waals surface area contributed by atoms with Crippen LogP contribution in [0.4, 0.5) is 0 Å². The fourth-order valence-electron chi connectivity index (χ4n) is 2.39. The minimum absolute atomic E-state index is 0.735. The minimum atomic E-state index is 0.735. The van der Waals surface area contributed by atoms with Crippen LogP contribution in [0.25, 0.3) is 10.9 Å². The fourth-order valence-corrected chi connectivity index (χ4v) is 2.95. The summed E-state index contributed by atoms with van der Waals surface area (Å²) in [6.07, 6.45) is 0. The van der Waals surface area contributed by atoms with Crippen LogP contribution in [-0.4, -0.2) is 11.1 Å². The number of benzene rings is 1. The largest absolute Gasteiger partial charge is 0.335 e. The summed E-state index contributed by atoms with van der Waals surface area (Å²) < 4.78 is 3.02. The number of nitrogens with one attached hydrogen (secondary N) is 1. The van der Waals surface area contributed by atoms with Gasteiger partial charge in [0.25, 0.3) is 0 Å². The van der Waals surface area contributed by atoms with Crippen LogP contribution >= 0.6 is 15.9 Å². The van der Waals surface area contributed by atoms with Gasteiger partial charge in [-0.25, -0.2) is 0 Å². The molecular formula is C14H16BrN3. The zero-order chi connectivity index (χ0) is 13.3. The molecule has 2 rings (SSSR count). The van der Waals surface area contributed by atoms with Crippen molar-refractivity contribution in [1.29, 1.82) is 5.26 Å². The molecule has 0 saturated carbocycles. The molecule has 4 heteroatoms. The highest BCUT2D eigenvalue weighted by atomic mass is 79.9. The van der Waals surface area contributed by atoms with Crippen molar-refractivity contribution >= 4 is 26.8 Å². The molecule has 0 amide bonds. The van der Waals surface area contributed by atoms with Gasteiger partial charge in [-0.2, -0.15) is 5.26 Å². The number of aryl methyl sites for hydroxylation is 2. The normalized spacial score (nSPS) is 10.8. The van der Waals surface area contributed by atoms with Gasteiger partial charge in [-0.3, -0.25) is 0 Å². The molecule has 0 aliphatic rings. The standard InChI is InChI=1S/C14H16BrN3/c1-4-17-8-11-13(7-16)18(3)12-6-10(15)5-9(2)14(11)12/h5-6,17H,4,8H2,1-3H3. The van der Waals surface area contributed by atoms with Crippen molar-refractivity contribution < 1.29 is 0 Å². The van der Waals surface area contributed by atoms with E-state index < -0.39 is 0 Å². The molecule has 0 unspecified atom stereocenters. The van der Waals surface area contributed by atoms with Crippen LogP contribution in [0.3, 0.4) is 0 Å². The van der Waals surface area contributed by atoms with Crippen LogP contribution in [0.15, 0.2) is 16.6 Å². The molecule has 0 saturated heterocycles. The van der Waals surface area contributed by atoms with Crippen molar-refractivity contribution in [3.05, 3.63) is 33.4 Å². The van der Waals surface area contributed by atoms with Gasteiger partial charge in [-0.1, -0.05) is 22.9 Å².